The molecule has 0 rings (SSSR count). The molecule has 0 fully saturated rings. The Bertz CT molecular complexity index is 79.0. The molecule has 0 amide bonds. The maximum atomic E-state index is 3.76. The fourth-order valence-electron chi connectivity index (χ4n) is 1.31. The molecule has 0 atom stereocenters. The zero-order chi connectivity index (χ0) is 8.20. The Morgan fingerprint density at radius 2 is 1.70 bits per heavy atom. The quantitative estimate of drug-likeness (QED) is 0.695. The van der Waals surface area contributed by atoms with Crippen LogP contribution in [-0.4, -0.2) is 18.9 Å². The van der Waals surface area contributed by atoms with Gasteiger partial charge in [-0.05, 0) is 0 Å². The van der Waals surface area contributed by atoms with Gasteiger partial charge in [-0.25, -0.2) is 0 Å². The molecule has 0 aliphatic heterocycles. The van der Waals surface area contributed by atoms with E-state index >= 15 is 0 Å². The summed E-state index contributed by atoms with van der Waals surface area (Å²) >= 11 is 3.49. The van der Waals surface area contributed by atoms with Crippen LogP contribution in [0.4, 0.5) is 0 Å². The van der Waals surface area contributed by atoms with Crippen molar-refractivity contribution in [2.45, 2.75) is 44.0 Å². The van der Waals surface area contributed by atoms with Gasteiger partial charge in [0.25, 0.3) is 0 Å². The molecular weight excluding hydrogens is 295 g/mol. The van der Waals surface area contributed by atoms with Gasteiger partial charge in [0.05, 0.1) is 0 Å². The van der Waals surface area contributed by atoms with Crippen LogP contribution >= 0.6 is 12.7 Å². The van der Waals surface area contributed by atoms with Crippen molar-refractivity contribution in [1.29, 1.82) is 0 Å². The molecule has 0 aromatic rings. The molecule has 0 saturated carbocycles. The average molecular weight is 312 g/mol. The van der Waals surface area contributed by atoms with E-state index in [-0.39, 0.29) is 18.9 Å². The van der Waals surface area contributed by atoms with Crippen molar-refractivity contribution in [3.8, 4) is 0 Å². The third-order valence-electron chi connectivity index (χ3n) is 2.56. The summed E-state index contributed by atoms with van der Waals surface area (Å²) in [6, 6.07) is 0. The Labute approximate surface area is 81.1 Å². The van der Waals surface area contributed by atoms with Crippen molar-refractivity contribution in [2.75, 3.05) is 0 Å². The molecular formula is C8H17BrSn. The molecule has 0 heterocycles. The molecule has 0 unspecified atom stereocenters. The number of halogens is 1. The molecule has 0 saturated heterocycles. The van der Waals surface area contributed by atoms with Gasteiger partial charge in [-0.1, -0.05) is 0 Å². The minimum atomic E-state index is -0.273. The van der Waals surface area contributed by atoms with Crippen LogP contribution in [0.1, 0.15) is 40.5 Å². The van der Waals surface area contributed by atoms with Crippen LogP contribution in [-0.2, 0) is 0 Å². The number of hydrogen-bond donors (Lipinski definition) is 0. The van der Waals surface area contributed by atoms with Crippen LogP contribution in [0.2, 0.25) is 3.43 Å². The third kappa shape index (κ3) is 2.40. The van der Waals surface area contributed by atoms with Gasteiger partial charge in [0.15, 0.2) is 0 Å². The monoisotopic (exact) mass is 312 g/mol. The van der Waals surface area contributed by atoms with Gasteiger partial charge in [-0.15, -0.1) is 0 Å². The maximum absolute atomic E-state index is 3.76. The fraction of sp³-hybridized carbons (Fsp3) is 1.00. The molecule has 0 spiro atoms. The van der Waals surface area contributed by atoms with Crippen LogP contribution in [0.5, 0.6) is 0 Å². The van der Waals surface area contributed by atoms with Crippen LogP contribution in [0.15, 0.2) is 0 Å². The van der Waals surface area contributed by atoms with E-state index in [9.17, 15) is 0 Å². The van der Waals surface area contributed by atoms with Gasteiger partial charge in [-0.2, -0.15) is 0 Å². The molecule has 10 heavy (non-hydrogen) atoms. The zero-order valence-corrected chi connectivity index (χ0v) is 11.8. The summed E-state index contributed by atoms with van der Waals surface area (Å²) in [5.74, 6) is 0.869. The molecule has 0 nitrogen and oxygen atoms in total. The average Bonchev–Trinajstić information content (AvgIpc) is 1.92. The van der Waals surface area contributed by atoms with Gasteiger partial charge < -0.3 is 0 Å². The van der Waals surface area contributed by atoms with Crippen LogP contribution in [0.25, 0.3) is 0 Å². The first-order valence-electron chi connectivity index (χ1n) is 4.00. The van der Waals surface area contributed by atoms with Gasteiger partial charge in [-0.3, -0.25) is 0 Å². The molecule has 0 N–H and O–H groups in total. The predicted molar refractivity (Wildman–Crippen MR) is 52.8 cm³/mol. The summed E-state index contributed by atoms with van der Waals surface area (Å²) < 4.78 is 0.712. The van der Waals surface area contributed by atoms with Crippen LogP contribution < -0.4 is 0 Å². The zero-order valence-electron chi connectivity index (χ0n) is 7.37. The van der Waals surface area contributed by atoms with Gasteiger partial charge in [0, 0.05) is 0 Å². The van der Waals surface area contributed by atoms with Gasteiger partial charge in [0.1, 0.15) is 0 Å². The van der Waals surface area contributed by atoms with Crippen LogP contribution in [0.3, 0.4) is 0 Å². The first-order valence-corrected chi connectivity index (χ1v) is 11.8. The minimum absolute atomic E-state index is 0.273. The summed E-state index contributed by atoms with van der Waals surface area (Å²) in [6.45, 7) is 9.36. The first-order chi connectivity index (χ1) is 4.63. The Morgan fingerprint density at radius 1 is 1.30 bits per heavy atom. The van der Waals surface area contributed by atoms with E-state index in [0.29, 0.717) is 3.43 Å². The number of hydrogen-bond acceptors (Lipinski definition) is 0. The van der Waals surface area contributed by atoms with Gasteiger partial charge >= 0.3 is 81.5 Å². The van der Waals surface area contributed by atoms with E-state index in [1.807, 2.05) is 0 Å². The van der Waals surface area contributed by atoms with E-state index in [4.69, 9.17) is 0 Å². The summed E-state index contributed by atoms with van der Waals surface area (Å²) in [5.41, 5.74) is 0. The fourth-order valence-corrected chi connectivity index (χ4v) is 9.53. The summed E-state index contributed by atoms with van der Waals surface area (Å²) in [5, 5.41) is 0. The molecule has 0 aliphatic carbocycles. The SMILES string of the molecule is CC[C](CC)([Sn][Br])C(C)C. The van der Waals surface area contributed by atoms with Crippen molar-refractivity contribution in [1.82, 2.24) is 0 Å². The third-order valence-corrected chi connectivity index (χ3v) is 12.6. The van der Waals surface area contributed by atoms with Crippen molar-refractivity contribution in [3.05, 3.63) is 0 Å². The Balaban J connectivity index is 4.15. The normalized spacial score (nSPS) is 12.6. The van der Waals surface area contributed by atoms with E-state index in [0.717, 1.165) is 5.92 Å². The summed E-state index contributed by atoms with van der Waals surface area (Å²) in [6.07, 6.45) is 2.72. The second-order valence-electron chi connectivity index (χ2n) is 3.11. The molecule has 0 aliphatic rings. The number of rotatable bonds is 4. The van der Waals surface area contributed by atoms with Crippen molar-refractivity contribution >= 4 is 31.6 Å². The standard InChI is InChI=1S/C8H17.BrH.Sn/c1-5-8(6-2)7(3)4;;/h7H,5-6H2,1-4H3;1H;/q;;+1/p-1. The molecule has 0 aromatic carbocycles. The van der Waals surface area contributed by atoms with Crippen molar-refractivity contribution in [3.63, 3.8) is 0 Å². The Hall–Kier alpha value is 1.28. The summed E-state index contributed by atoms with van der Waals surface area (Å²) in [4.78, 5) is 0. The first kappa shape index (κ1) is 11.3. The van der Waals surface area contributed by atoms with E-state index in [2.05, 4.69) is 40.4 Å². The molecule has 0 bridgehead atoms. The van der Waals surface area contributed by atoms with E-state index in [1.165, 1.54) is 12.8 Å². The van der Waals surface area contributed by atoms with Crippen LogP contribution in [0, 0.1) is 5.92 Å². The Kier molecular flexibility index (Phi) is 5.66. The second-order valence-corrected chi connectivity index (χ2v) is 9.15. The molecule has 0 aromatic heterocycles. The topological polar surface area (TPSA) is 0 Å². The van der Waals surface area contributed by atoms with Gasteiger partial charge in [0.2, 0.25) is 0 Å². The van der Waals surface area contributed by atoms with Crippen molar-refractivity contribution in [2.24, 2.45) is 5.92 Å². The Morgan fingerprint density at radius 3 is 1.70 bits per heavy atom. The summed E-state index contributed by atoms with van der Waals surface area (Å²) in [7, 11) is 0. The van der Waals surface area contributed by atoms with E-state index in [1.54, 1.807) is 0 Å². The second kappa shape index (κ2) is 5.02. The van der Waals surface area contributed by atoms with E-state index < -0.39 is 0 Å². The van der Waals surface area contributed by atoms with Crippen molar-refractivity contribution < 1.29 is 0 Å². The molecule has 2 radical (unpaired) electrons. The molecule has 2 heteroatoms. The predicted octanol–water partition coefficient (Wildman–Crippen LogP) is 3.64. The molecule has 60 valence electrons.